The summed E-state index contributed by atoms with van der Waals surface area (Å²) in [5.41, 5.74) is 1.62. The standard InChI is InChI=1S/C21H25N5OS/c1-2-19-22-8-9-25(19)13-10-24-11-14-26(15-12-24)21(27)18-16-28-20(23-18)17-6-4-3-5-7-17/h3-9,16H,2,10-15H2,1H3. The number of piperazine rings is 1. The number of amides is 1. The van der Waals surface area contributed by atoms with Crippen LogP contribution in [0.5, 0.6) is 0 Å². The molecule has 1 aliphatic rings. The molecule has 4 rings (SSSR count). The Kier molecular flexibility index (Phi) is 5.83. The zero-order valence-corrected chi connectivity index (χ0v) is 16.9. The third-order valence-corrected chi connectivity index (χ3v) is 6.07. The van der Waals surface area contributed by atoms with Crippen LogP contribution in [0.2, 0.25) is 0 Å². The summed E-state index contributed by atoms with van der Waals surface area (Å²) in [5, 5.41) is 2.78. The average Bonchev–Trinajstić information content (AvgIpc) is 3.42. The highest BCUT2D eigenvalue weighted by molar-refractivity contribution is 7.13. The van der Waals surface area contributed by atoms with Crippen LogP contribution in [0.1, 0.15) is 23.2 Å². The van der Waals surface area contributed by atoms with Gasteiger partial charge in [-0.2, -0.15) is 0 Å². The number of hydrogen-bond donors (Lipinski definition) is 0. The van der Waals surface area contributed by atoms with E-state index >= 15 is 0 Å². The van der Waals surface area contributed by atoms with Crippen molar-refractivity contribution in [2.45, 2.75) is 19.9 Å². The van der Waals surface area contributed by atoms with Crippen LogP contribution in [-0.2, 0) is 13.0 Å². The molecule has 1 amide bonds. The summed E-state index contributed by atoms with van der Waals surface area (Å²) in [5.74, 6) is 1.17. The van der Waals surface area contributed by atoms with Gasteiger partial charge in [0.2, 0.25) is 0 Å². The summed E-state index contributed by atoms with van der Waals surface area (Å²) >= 11 is 1.53. The second kappa shape index (κ2) is 8.67. The van der Waals surface area contributed by atoms with Gasteiger partial charge in [0.1, 0.15) is 16.5 Å². The van der Waals surface area contributed by atoms with Crippen LogP contribution in [0.25, 0.3) is 10.6 Å². The summed E-state index contributed by atoms with van der Waals surface area (Å²) in [7, 11) is 0. The van der Waals surface area contributed by atoms with Crippen LogP contribution in [0.15, 0.2) is 48.1 Å². The van der Waals surface area contributed by atoms with Crippen molar-refractivity contribution < 1.29 is 4.79 Å². The predicted octanol–water partition coefficient (Wildman–Crippen LogP) is 3.03. The maximum absolute atomic E-state index is 12.8. The molecule has 0 radical (unpaired) electrons. The molecule has 0 unspecified atom stereocenters. The number of hydrogen-bond acceptors (Lipinski definition) is 5. The number of imidazole rings is 1. The van der Waals surface area contributed by atoms with Crippen LogP contribution >= 0.6 is 11.3 Å². The number of benzene rings is 1. The van der Waals surface area contributed by atoms with Gasteiger partial charge >= 0.3 is 0 Å². The fourth-order valence-electron chi connectivity index (χ4n) is 3.53. The first-order valence-electron chi connectivity index (χ1n) is 9.77. The smallest absolute Gasteiger partial charge is 0.273 e. The number of carbonyl (C=O) groups is 1. The molecule has 0 bridgehead atoms. The van der Waals surface area contributed by atoms with Gasteiger partial charge in [0, 0.05) is 69.0 Å². The molecule has 7 heteroatoms. The van der Waals surface area contributed by atoms with Gasteiger partial charge in [-0.15, -0.1) is 11.3 Å². The molecule has 1 aliphatic heterocycles. The van der Waals surface area contributed by atoms with Gasteiger partial charge in [0.25, 0.3) is 5.91 Å². The highest BCUT2D eigenvalue weighted by Crippen LogP contribution is 2.24. The Morgan fingerprint density at radius 1 is 1.11 bits per heavy atom. The Balaban J connectivity index is 1.30. The summed E-state index contributed by atoms with van der Waals surface area (Å²) in [6.07, 6.45) is 4.87. The molecule has 1 fully saturated rings. The van der Waals surface area contributed by atoms with Crippen LogP contribution in [0.4, 0.5) is 0 Å². The first-order valence-corrected chi connectivity index (χ1v) is 10.6. The van der Waals surface area contributed by atoms with E-state index in [1.807, 2.05) is 53.0 Å². The van der Waals surface area contributed by atoms with E-state index in [1.54, 1.807) is 0 Å². The molecule has 0 aliphatic carbocycles. The maximum atomic E-state index is 12.8. The molecule has 0 spiro atoms. The number of aromatic nitrogens is 3. The predicted molar refractivity (Wildman–Crippen MR) is 111 cm³/mol. The molecular weight excluding hydrogens is 370 g/mol. The van der Waals surface area contributed by atoms with Crippen molar-refractivity contribution in [1.82, 2.24) is 24.3 Å². The van der Waals surface area contributed by atoms with E-state index in [4.69, 9.17) is 0 Å². The molecule has 28 heavy (non-hydrogen) atoms. The molecule has 3 aromatic rings. The van der Waals surface area contributed by atoms with E-state index in [9.17, 15) is 4.79 Å². The van der Waals surface area contributed by atoms with E-state index in [0.717, 1.165) is 62.1 Å². The number of aryl methyl sites for hydroxylation is 1. The fraction of sp³-hybridized carbons (Fsp3) is 0.381. The Hall–Kier alpha value is -2.51. The molecule has 0 atom stereocenters. The lowest BCUT2D eigenvalue weighted by Gasteiger charge is -2.34. The van der Waals surface area contributed by atoms with Crippen molar-refractivity contribution in [3.05, 3.63) is 59.6 Å². The van der Waals surface area contributed by atoms with Gasteiger partial charge < -0.3 is 9.47 Å². The van der Waals surface area contributed by atoms with Crippen LogP contribution in [0, 0.1) is 0 Å². The first kappa shape index (κ1) is 18.8. The normalized spacial score (nSPS) is 15.1. The second-order valence-electron chi connectivity index (χ2n) is 6.93. The second-order valence-corrected chi connectivity index (χ2v) is 7.79. The molecule has 6 nitrogen and oxygen atoms in total. The number of thiazole rings is 1. The molecule has 0 saturated carbocycles. The van der Waals surface area contributed by atoms with Gasteiger partial charge in [0.05, 0.1) is 0 Å². The highest BCUT2D eigenvalue weighted by atomic mass is 32.1. The first-order chi connectivity index (χ1) is 13.7. The van der Waals surface area contributed by atoms with Crippen molar-refractivity contribution in [3.63, 3.8) is 0 Å². The number of nitrogens with zero attached hydrogens (tertiary/aromatic N) is 5. The Morgan fingerprint density at radius 3 is 2.64 bits per heavy atom. The van der Waals surface area contributed by atoms with E-state index in [0.29, 0.717) is 5.69 Å². The topological polar surface area (TPSA) is 54.3 Å². The summed E-state index contributed by atoms with van der Waals surface area (Å²) < 4.78 is 2.22. The molecule has 2 aromatic heterocycles. The third kappa shape index (κ3) is 4.15. The summed E-state index contributed by atoms with van der Waals surface area (Å²) in [6.45, 7) is 7.37. The highest BCUT2D eigenvalue weighted by Gasteiger charge is 2.24. The van der Waals surface area contributed by atoms with Crippen LogP contribution in [0.3, 0.4) is 0 Å². The Labute approximate surface area is 169 Å². The van der Waals surface area contributed by atoms with Gasteiger partial charge in [0.15, 0.2) is 0 Å². The molecule has 3 heterocycles. The molecule has 1 saturated heterocycles. The largest absolute Gasteiger partial charge is 0.335 e. The van der Waals surface area contributed by atoms with Gasteiger partial charge in [-0.1, -0.05) is 37.3 Å². The van der Waals surface area contributed by atoms with Gasteiger partial charge in [-0.05, 0) is 0 Å². The van der Waals surface area contributed by atoms with Crippen LogP contribution < -0.4 is 0 Å². The Morgan fingerprint density at radius 2 is 1.89 bits per heavy atom. The van der Waals surface area contributed by atoms with Crippen molar-refractivity contribution in [3.8, 4) is 10.6 Å². The van der Waals surface area contributed by atoms with Crippen molar-refractivity contribution in [2.24, 2.45) is 0 Å². The maximum Gasteiger partial charge on any atom is 0.273 e. The number of carbonyl (C=O) groups excluding carboxylic acids is 1. The van der Waals surface area contributed by atoms with Gasteiger partial charge in [-0.25, -0.2) is 9.97 Å². The lowest BCUT2D eigenvalue weighted by atomic mass is 10.2. The number of rotatable bonds is 6. The monoisotopic (exact) mass is 395 g/mol. The van der Waals surface area contributed by atoms with Gasteiger partial charge in [-0.3, -0.25) is 9.69 Å². The van der Waals surface area contributed by atoms with E-state index < -0.39 is 0 Å². The zero-order chi connectivity index (χ0) is 19.3. The fourth-order valence-corrected chi connectivity index (χ4v) is 4.33. The minimum Gasteiger partial charge on any atom is -0.335 e. The van der Waals surface area contributed by atoms with Crippen LogP contribution in [-0.4, -0.2) is 63.0 Å². The molecule has 146 valence electrons. The van der Waals surface area contributed by atoms with Crippen molar-refractivity contribution in [1.29, 1.82) is 0 Å². The van der Waals surface area contributed by atoms with E-state index in [2.05, 4.69) is 26.4 Å². The minimum atomic E-state index is 0.0426. The average molecular weight is 396 g/mol. The minimum absolute atomic E-state index is 0.0426. The zero-order valence-electron chi connectivity index (χ0n) is 16.1. The lowest BCUT2D eigenvalue weighted by Crippen LogP contribution is -2.49. The molecule has 1 aromatic carbocycles. The van der Waals surface area contributed by atoms with Crippen molar-refractivity contribution >= 4 is 17.2 Å². The molecular formula is C21H25N5OS. The SMILES string of the molecule is CCc1nccn1CCN1CCN(C(=O)c2csc(-c3ccccc3)n2)CC1. The third-order valence-electron chi connectivity index (χ3n) is 5.18. The lowest BCUT2D eigenvalue weighted by molar-refractivity contribution is 0.0628. The summed E-state index contributed by atoms with van der Waals surface area (Å²) in [4.78, 5) is 26.1. The van der Waals surface area contributed by atoms with Crippen molar-refractivity contribution in [2.75, 3.05) is 32.7 Å². The van der Waals surface area contributed by atoms with E-state index in [1.165, 1.54) is 11.3 Å². The summed E-state index contributed by atoms with van der Waals surface area (Å²) in [6, 6.07) is 10.0. The quantitative estimate of drug-likeness (QED) is 0.644. The Bertz CT molecular complexity index is 912. The van der Waals surface area contributed by atoms with E-state index in [-0.39, 0.29) is 5.91 Å². The molecule has 0 N–H and O–H groups in total.